The van der Waals surface area contributed by atoms with E-state index in [1.54, 1.807) is 46.8 Å². The summed E-state index contributed by atoms with van der Waals surface area (Å²) >= 11 is 0. The number of aliphatic hydroxyl groups excluding tert-OH is 1. The summed E-state index contributed by atoms with van der Waals surface area (Å²) in [5.74, 6) is -4.90. The molecule has 0 bridgehead atoms. The number of carbonyl (C=O) groups excluding carboxylic acids is 6. The minimum atomic E-state index is -4.07. The van der Waals surface area contributed by atoms with Gasteiger partial charge in [0, 0.05) is 140 Å². The number of rotatable bonds is 31. The van der Waals surface area contributed by atoms with Crippen LogP contribution in [0.4, 0.5) is 40.3 Å². The lowest BCUT2D eigenvalue weighted by molar-refractivity contribution is -0.156. The number of para-hydroxylation sites is 1. The third-order valence-corrected chi connectivity index (χ3v) is 36.0. The molecular weight excluding hydrogens is 2020 g/mol. The average molecular weight is 2160 g/mol. The first-order valence-corrected chi connectivity index (χ1v) is 57.9. The van der Waals surface area contributed by atoms with Crippen molar-refractivity contribution in [2.75, 3.05) is 110 Å². The van der Waals surface area contributed by atoms with Crippen LogP contribution in [0.15, 0.2) is 171 Å². The molecule has 5 fully saturated rings. The molecule has 9 aliphatic heterocycles. The van der Waals surface area contributed by atoms with Gasteiger partial charge in [-0.15, -0.1) is 0 Å². The second-order valence-corrected chi connectivity index (χ2v) is 46.8. The number of Topliss-reactive ketones (excluding diaryl/α,β-unsaturated/α-hetero) is 4. The molecule has 818 valence electrons. The molecule has 0 aromatic heterocycles. The topological polar surface area (TPSA) is 364 Å². The summed E-state index contributed by atoms with van der Waals surface area (Å²) < 4.78 is 226. The SMILES string of the molecule is C1CCOC1.CC(=O)OC(C)=O.CCC1CCc2cc(C(C)(F)F)ccc2N1S(=O)(=O)c1ccc(OCC2CCOCC2)c(C(C)=O)c1.CCC1CCc2cc(C(C)(F)F)ccc2N1S(=O)(=O)c1ccc(OCC2CCOCC2)c(CO)c1.CCC1CCc2cc(C(C)=O)ccc2N1S(=O)(=O)c1ccc(OCC2CCOCC2)c(C(C)=O)c1.CCC1CCc2ccccc2N1S(=O)(=O)c1ccc(OCC2CCOCC2)c(C(C)=O)c1. The van der Waals surface area contributed by atoms with E-state index in [4.69, 9.17) is 42.6 Å². The normalized spacial score (nSPS) is 18.8. The van der Waals surface area contributed by atoms with Gasteiger partial charge in [-0.25, -0.2) is 51.2 Å². The number of ether oxygens (including phenoxy) is 10. The highest BCUT2D eigenvalue weighted by molar-refractivity contribution is 7.93. The van der Waals surface area contributed by atoms with Crippen molar-refractivity contribution in [3.05, 3.63) is 213 Å². The molecule has 37 heteroatoms. The van der Waals surface area contributed by atoms with Crippen molar-refractivity contribution in [1.82, 2.24) is 0 Å². The van der Waals surface area contributed by atoms with Gasteiger partial charge in [0.1, 0.15) is 23.0 Å². The molecule has 150 heavy (non-hydrogen) atoms. The maximum Gasteiger partial charge on any atom is 0.310 e. The minimum absolute atomic E-state index is 0.0256. The molecule has 4 atom stereocenters. The summed E-state index contributed by atoms with van der Waals surface area (Å²) in [6.07, 6.45) is 17.4. The fraction of sp³-hybridized carbons (Fsp3) is 0.522. The molecule has 5 saturated heterocycles. The van der Waals surface area contributed by atoms with Gasteiger partial charge in [-0.3, -0.25) is 46.0 Å². The molecule has 9 heterocycles. The van der Waals surface area contributed by atoms with Gasteiger partial charge in [-0.1, -0.05) is 58.0 Å². The number of esters is 2. The summed E-state index contributed by atoms with van der Waals surface area (Å²) in [4.78, 5) is 69.0. The van der Waals surface area contributed by atoms with Crippen LogP contribution in [0.1, 0.15) is 279 Å². The van der Waals surface area contributed by atoms with Gasteiger partial charge >= 0.3 is 11.9 Å². The van der Waals surface area contributed by atoms with E-state index in [-0.39, 0.29) is 95.7 Å². The van der Waals surface area contributed by atoms with E-state index in [0.717, 1.165) is 128 Å². The fourth-order valence-electron chi connectivity index (χ4n) is 19.9. The van der Waals surface area contributed by atoms with Crippen molar-refractivity contribution >= 4 is 97.9 Å². The molecule has 0 amide bonds. The molecule has 0 aliphatic carbocycles. The first-order chi connectivity index (χ1) is 71.4. The predicted molar refractivity (Wildman–Crippen MR) is 564 cm³/mol. The number of benzene rings is 8. The number of hydrogen-bond donors (Lipinski definition) is 1. The number of halogens is 4. The largest absolute Gasteiger partial charge is 0.493 e. The molecule has 4 unspecified atom stereocenters. The summed E-state index contributed by atoms with van der Waals surface area (Å²) in [5.41, 5.74) is 6.67. The van der Waals surface area contributed by atoms with E-state index in [2.05, 4.69) is 4.74 Å². The number of nitrogens with zero attached hydrogens (tertiary/aromatic N) is 4. The second-order valence-electron chi connectivity index (χ2n) is 39.5. The Bertz CT molecular complexity index is 6470. The first-order valence-electron chi connectivity index (χ1n) is 52.1. The number of anilines is 4. The molecule has 8 aromatic carbocycles. The number of alkyl halides is 4. The summed E-state index contributed by atoms with van der Waals surface area (Å²) in [6.45, 7) is 26.7. The smallest absolute Gasteiger partial charge is 0.310 e. The molecule has 29 nitrogen and oxygen atoms in total. The Kier molecular flexibility index (Phi) is 42.2. The zero-order chi connectivity index (χ0) is 109. The fourth-order valence-corrected chi connectivity index (χ4v) is 27.2. The maximum absolute atomic E-state index is 13.9. The molecule has 17 rings (SSSR count). The van der Waals surface area contributed by atoms with Crippen molar-refractivity contribution in [2.45, 2.75) is 287 Å². The van der Waals surface area contributed by atoms with Crippen molar-refractivity contribution in [2.24, 2.45) is 23.7 Å². The van der Waals surface area contributed by atoms with Crippen molar-refractivity contribution < 1.29 is 132 Å². The lowest BCUT2D eigenvalue weighted by Crippen LogP contribution is -2.43. The van der Waals surface area contributed by atoms with Gasteiger partial charge in [0.25, 0.3) is 51.9 Å². The van der Waals surface area contributed by atoms with Gasteiger partial charge in [-0.05, 0) is 336 Å². The molecule has 0 spiro atoms. The summed E-state index contributed by atoms with van der Waals surface area (Å²) in [5, 5.41) is 9.94. The Morgan fingerprint density at radius 1 is 0.333 bits per heavy atom. The van der Waals surface area contributed by atoms with Crippen LogP contribution in [0.25, 0.3) is 0 Å². The molecule has 1 N–H and O–H groups in total. The zero-order valence-electron chi connectivity index (χ0n) is 87.9. The van der Waals surface area contributed by atoms with E-state index < -0.39 is 63.9 Å². The number of hydrogen-bond acceptors (Lipinski definition) is 25. The third-order valence-electron chi connectivity index (χ3n) is 28.6. The van der Waals surface area contributed by atoms with Crippen LogP contribution in [-0.4, -0.2) is 191 Å². The Morgan fingerprint density at radius 3 is 0.893 bits per heavy atom. The highest BCUT2D eigenvalue weighted by atomic mass is 32.2. The van der Waals surface area contributed by atoms with Crippen LogP contribution in [0.5, 0.6) is 23.0 Å². The number of sulfonamides is 4. The zero-order valence-corrected chi connectivity index (χ0v) is 91.2. The number of fused-ring (bicyclic) bond motifs is 4. The Labute approximate surface area is 880 Å². The highest BCUT2D eigenvalue weighted by Crippen LogP contribution is 2.46. The Morgan fingerprint density at radius 2 is 0.613 bits per heavy atom. The monoisotopic (exact) mass is 2160 g/mol. The quantitative estimate of drug-likeness (QED) is 0.0182. The molecule has 9 aliphatic rings. The van der Waals surface area contributed by atoms with Crippen LogP contribution < -0.4 is 36.2 Å². The van der Waals surface area contributed by atoms with E-state index >= 15 is 0 Å². The van der Waals surface area contributed by atoms with Crippen molar-refractivity contribution in [3.63, 3.8) is 0 Å². The standard InChI is InChI=1S/C27H33F2NO5S.C27H33NO6S.C26H33F2NO5S.C25H31NO5S.C4H6O3.C4H8O/c1-4-22-7-5-20-15-21(27(3,28)29)6-9-25(20)30(22)36(32,33)23-8-10-26(24(16-23)18(2)31)35-17-19-11-13-34-14-12-19;1-4-23-7-5-22-15-21(18(2)29)6-9-26(22)28(23)35(31,32)24-8-10-27(25(16-24)19(3)30)34-17-20-11-13-33-14-12-20;1-3-22-6-4-19-14-21(26(2,27)28)5-8-24(19)29(22)35(31,32)23-7-9-25(20(15-23)16-30)34-17-18-10-12-33-13-11-18;1-3-21-9-8-20-6-4-5-7-24(20)26(21)32(28,29)22-10-11-25(23(16-22)18(2)27)31-17-19-12-14-30-15-13-19;1-3(5)7-4(2)6;1-2-4-5-3-1/h6,8-10,15-16,19,22H,4-5,7,11-14,17H2,1-3H3;6,8-10,15-16,20,23H,4-5,7,11-14,17H2,1-3H3;5,7-9,14-15,18,22,30H,3-4,6,10-13,16-17H2,1-2H3;4-7,10-11,16,19,21H,3,8-9,12-15,17H2,1-2H3;1-2H3;1-4H2. The number of aryl methyl sites for hydroxylation is 4. The van der Waals surface area contributed by atoms with Crippen molar-refractivity contribution in [3.8, 4) is 23.0 Å². The van der Waals surface area contributed by atoms with Crippen molar-refractivity contribution in [1.29, 1.82) is 0 Å². The van der Waals surface area contributed by atoms with Gasteiger partial charge < -0.3 is 52.5 Å². The van der Waals surface area contributed by atoms with Crippen LogP contribution in [0.3, 0.4) is 0 Å². The van der Waals surface area contributed by atoms with Gasteiger partial charge in [0.15, 0.2) is 23.1 Å². The van der Waals surface area contributed by atoms with E-state index in [9.17, 15) is 85.1 Å². The average Bonchev–Trinajstić information content (AvgIpc) is 0.830. The van der Waals surface area contributed by atoms with E-state index in [0.29, 0.717) is 215 Å². The van der Waals surface area contributed by atoms with Crippen LogP contribution >= 0.6 is 0 Å². The van der Waals surface area contributed by atoms with E-state index in [1.165, 1.54) is 152 Å². The Hall–Kier alpha value is -10.7. The number of ketones is 4. The third kappa shape index (κ3) is 30.2. The molecule has 0 saturated carbocycles. The van der Waals surface area contributed by atoms with Crippen LogP contribution in [0.2, 0.25) is 0 Å². The number of carbonyl (C=O) groups is 6. The minimum Gasteiger partial charge on any atom is -0.493 e. The van der Waals surface area contributed by atoms with Gasteiger partial charge in [0.2, 0.25) is 0 Å². The van der Waals surface area contributed by atoms with Gasteiger partial charge in [-0.2, -0.15) is 0 Å². The van der Waals surface area contributed by atoms with Crippen LogP contribution in [-0.2, 0) is 122 Å². The second kappa shape index (κ2) is 53.7. The molecule has 0 radical (unpaired) electrons. The molecule has 8 aromatic rings. The maximum atomic E-state index is 13.9. The van der Waals surface area contributed by atoms with Gasteiger partial charge in [0.05, 0.1) is 92.1 Å². The lowest BCUT2D eigenvalue weighted by Gasteiger charge is -2.38. The van der Waals surface area contributed by atoms with E-state index in [1.807, 2.05) is 52.0 Å². The summed E-state index contributed by atoms with van der Waals surface area (Å²) in [6, 6.07) is 38.4. The predicted octanol–water partition coefficient (Wildman–Crippen LogP) is 21.1. The highest BCUT2D eigenvalue weighted by Gasteiger charge is 2.43. The lowest BCUT2D eigenvalue weighted by atomic mass is 9.94. The molecular formula is C113H144F4N4O25S4. The number of aliphatic hydroxyl groups is 1. The first kappa shape index (κ1) is 118. The Balaban J connectivity index is 0.000000170. The summed E-state index contributed by atoms with van der Waals surface area (Å²) in [7, 11) is -15.9. The van der Waals surface area contributed by atoms with Crippen LogP contribution in [0, 0.1) is 23.7 Å².